The summed E-state index contributed by atoms with van der Waals surface area (Å²) >= 11 is 0. The summed E-state index contributed by atoms with van der Waals surface area (Å²) in [5.74, 6) is 1.21. The molecule has 162 valence electrons. The van der Waals surface area contributed by atoms with Crippen LogP contribution in [0.5, 0.6) is 5.75 Å². The number of carbonyl (C=O) groups is 1. The zero-order valence-electron chi connectivity index (χ0n) is 18.3. The molecule has 0 fully saturated rings. The normalized spacial score (nSPS) is 10.7. The van der Waals surface area contributed by atoms with Crippen molar-refractivity contribution in [2.45, 2.75) is 26.8 Å². The van der Waals surface area contributed by atoms with Gasteiger partial charge in [-0.15, -0.1) is 0 Å². The molecule has 6 nitrogen and oxygen atoms in total. The Morgan fingerprint density at radius 3 is 2.31 bits per heavy atom. The van der Waals surface area contributed by atoms with Crippen LogP contribution in [0.15, 0.2) is 72.8 Å². The number of carbonyl (C=O) groups excluding carboxylic acids is 1. The number of benzene rings is 3. The van der Waals surface area contributed by atoms with Crippen LogP contribution in [0.25, 0.3) is 10.9 Å². The van der Waals surface area contributed by atoms with Gasteiger partial charge in [-0.2, -0.15) is 0 Å². The molecule has 32 heavy (non-hydrogen) atoms. The number of hydrogen-bond donors (Lipinski definition) is 2. The number of anilines is 2. The highest BCUT2D eigenvalue weighted by atomic mass is 16.5. The van der Waals surface area contributed by atoms with Gasteiger partial charge >= 0.3 is 0 Å². The minimum atomic E-state index is -0.325. The summed E-state index contributed by atoms with van der Waals surface area (Å²) in [4.78, 5) is 21.8. The molecular weight excluding hydrogens is 400 g/mol. The molecule has 2 N–H and O–H groups in total. The van der Waals surface area contributed by atoms with Crippen LogP contribution in [0, 0.1) is 0 Å². The molecule has 0 radical (unpaired) electrons. The molecule has 1 amide bonds. The molecule has 0 aliphatic carbocycles. The number of aryl methyl sites for hydroxylation is 1. The van der Waals surface area contributed by atoms with Gasteiger partial charge in [-0.1, -0.05) is 43.3 Å². The first-order valence-corrected chi connectivity index (χ1v) is 10.8. The zero-order valence-corrected chi connectivity index (χ0v) is 18.3. The van der Waals surface area contributed by atoms with Crippen molar-refractivity contribution >= 4 is 28.3 Å². The number of para-hydroxylation sites is 1. The lowest BCUT2D eigenvalue weighted by Gasteiger charge is -2.12. The van der Waals surface area contributed by atoms with Crippen molar-refractivity contribution in [3.05, 3.63) is 89.7 Å². The standard InChI is InChI=1S/C26H26N4O2/c1-3-18-9-13-20(14-10-18)28-24-22-7-5-6-8-23(22)29-25(30-24)26(31)27-17-19-11-15-21(16-12-19)32-4-2/h5-16H,3-4,17H2,1-2H3,(H,27,31)(H,28,29,30). The van der Waals surface area contributed by atoms with Gasteiger partial charge in [0.25, 0.3) is 5.91 Å². The summed E-state index contributed by atoms with van der Waals surface area (Å²) in [6, 6.07) is 23.5. The summed E-state index contributed by atoms with van der Waals surface area (Å²) in [6.07, 6.45) is 0.982. The molecule has 0 saturated carbocycles. The maximum absolute atomic E-state index is 12.8. The first-order chi connectivity index (χ1) is 15.7. The van der Waals surface area contributed by atoms with E-state index in [2.05, 4.69) is 39.7 Å². The Labute approximate surface area is 187 Å². The maximum atomic E-state index is 12.8. The van der Waals surface area contributed by atoms with Gasteiger partial charge in [0.2, 0.25) is 5.82 Å². The zero-order chi connectivity index (χ0) is 22.3. The average molecular weight is 427 g/mol. The largest absolute Gasteiger partial charge is 0.494 e. The van der Waals surface area contributed by atoms with Crippen LogP contribution in [-0.2, 0) is 13.0 Å². The van der Waals surface area contributed by atoms with E-state index >= 15 is 0 Å². The number of ether oxygens (including phenoxy) is 1. The first-order valence-electron chi connectivity index (χ1n) is 10.8. The van der Waals surface area contributed by atoms with Crippen LogP contribution in [0.2, 0.25) is 0 Å². The van der Waals surface area contributed by atoms with E-state index in [1.165, 1.54) is 5.56 Å². The van der Waals surface area contributed by atoms with Crippen LogP contribution in [-0.4, -0.2) is 22.5 Å². The van der Waals surface area contributed by atoms with E-state index in [-0.39, 0.29) is 11.7 Å². The lowest BCUT2D eigenvalue weighted by atomic mass is 10.1. The fraction of sp³-hybridized carbons (Fsp3) is 0.192. The Morgan fingerprint density at radius 2 is 1.59 bits per heavy atom. The minimum Gasteiger partial charge on any atom is -0.494 e. The quantitative estimate of drug-likeness (QED) is 0.402. The Hall–Kier alpha value is -3.93. The van der Waals surface area contributed by atoms with E-state index in [9.17, 15) is 4.79 Å². The number of hydrogen-bond acceptors (Lipinski definition) is 5. The summed E-state index contributed by atoms with van der Waals surface area (Å²) < 4.78 is 5.46. The monoisotopic (exact) mass is 426 g/mol. The Balaban J connectivity index is 1.54. The van der Waals surface area contributed by atoms with E-state index in [0.29, 0.717) is 24.5 Å². The van der Waals surface area contributed by atoms with E-state index in [1.54, 1.807) is 0 Å². The highest BCUT2D eigenvalue weighted by Gasteiger charge is 2.14. The van der Waals surface area contributed by atoms with Gasteiger partial charge in [0.15, 0.2) is 0 Å². The van der Waals surface area contributed by atoms with E-state index in [1.807, 2.05) is 67.6 Å². The van der Waals surface area contributed by atoms with Crippen LogP contribution in [0.4, 0.5) is 11.5 Å². The fourth-order valence-corrected chi connectivity index (χ4v) is 3.37. The first kappa shape index (κ1) is 21.3. The maximum Gasteiger partial charge on any atom is 0.289 e. The van der Waals surface area contributed by atoms with E-state index in [4.69, 9.17) is 4.74 Å². The topological polar surface area (TPSA) is 76.1 Å². The SMILES string of the molecule is CCOc1ccc(CNC(=O)c2nc(Nc3ccc(CC)cc3)c3ccccc3n2)cc1. The van der Waals surface area contributed by atoms with Crippen molar-refractivity contribution in [2.24, 2.45) is 0 Å². The third-order valence-electron chi connectivity index (χ3n) is 5.12. The van der Waals surface area contributed by atoms with Gasteiger partial charge in [0, 0.05) is 17.6 Å². The highest BCUT2D eigenvalue weighted by molar-refractivity contribution is 5.97. The highest BCUT2D eigenvalue weighted by Crippen LogP contribution is 2.24. The Morgan fingerprint density at radius 1 is 0.875 bits per heavy atom. The molecular formula is C26H26N4O2. The van der Waals surface area contributed by atoms with E-state index in [0.717, 1.165) is 28.8 Å². The Bertz CT molecular complexity index is 1200. The number of amides is 1. The Kier molecular flexibility index (Phi) is 6.60. The summed E-state index contributed by atoms with van der Waals surface area (Å²) in [5, 5.41) is 7.10. The number of nitrogens with zero attached hydrogens (tertiary/aromatic N) is 2. The van der Waals surface area contributed by atoms with Gasteiger partial charge in [0.1, 0.15) is 11.6 Å². The smallest absolute Gasteiger partial charge is 0.289 e. The number of fused-ring (bicyclic) bond motifs is 1. The third kappa shape index (κ3) is 5.03. The van der Waals surface area contributed by atoms with Gasteiger partial charge in [0.05, 0.1) is 12.1 Å². The van der Waals surface area contributed by atoms with Gasteiger partial charge in [-0.25, -0.2) is 9.97 Å². The van der Waals surface area contributed by atoms with Crippen molar-refractivity contribution in [1.29, 1.82) is 0 Å². The predicted octanol–water partition coefficient (Wildman–Crippen LogP) is 5.26. The molecule has 4 aromatic rings. The second-order valence-corrected chi connectivity index (χ2v) is 7.35. The fourth-order valence-electron chi connectivity index (χ4n) is 3.37. The summed E-state index contributed by atoms with van der Waals surface area (Å²) in [6.45, 7) is 5.07. The molecule has 6 heteroatoms. The van der Waals surface area contributed by atoms with Crippen molar-refractivity contribution in [2.75, 3.05) is 11.9 Å². The van der Waals surface area contributed by atoms with Crippen LogP contribution in [0.3, 0.4) is 0 Å². The molecule has 4 rings (SSSR count). The van der Waals surface area contributed by atoms with Gasteiger partial charge < -0.3 is 15.4 Å². The molecule has 0 aliphatic heterocycles. The van der Waals surface area contributed by atoms with Crippen molar-refractivity contribution < 1.29 is 9.53 Å². The molecule has 1 aromatic heterocycles. The third-order valence-corrected chi connectivity index (χ3v) is 5.12. The number of rotatable bonds is 8. The number of aromatic nitrogens is 2. The lowest BCUT2D eigenvalue weighted by Crippen LogP contribution is -2.25. The van der Waals surface area contributed by atoms with Crippen LogP contribution >= 0.6 is 0 Å². The second kappa shape index (κ2) is 9.92. The molecule has 3 aromatic carbocycles. The molecule has 1 heterocycles. The molecule has 0 aliphatic rings. The van der Waals surface area contributed by atoms with Crippen molar-refractivity contribution in [3.8, 4) is 5.75 Å². The predicted molar refractivity (Wildman–Crippen MR) is 127 cm³/mol. The second-order valence-electron chi connectivity index (χ2n) is 7.35. The van der Waals surface area contributed by atoms with Crippen molar-refractivity contribution in [1.82, 2.24) is 15.3 Å². The average Bonchev–Trinajstić information content (AvgIpc) is 2.84. The van der Waals surface area contributed by atoms with Crippen molar-refractivity contribution in [3.63, 3.8) is 0 Å². The van der Waals surface area contributed by atoms with Crippen LogP contribution in [0.1, 0.15) is 35.6 Å². The molecule has 0 atom stereocenters. The minimum absolute atomic E-state index is 0.127. The van der Waals surface area contributed by atoms with Gasteiger partial charge in [-0.3, -0.25) is 4.79 Å². The molecule has 0 unspecified atom stereocenters. The van der Waals surface area contributed by atoms with Crippen LogP contribution < -0.4 is 15.4 Å². The van der Waals surface area contributed by atoms with Gasteiger partial charge in [-0.05, 0) is 60.9 Å². The van der Waals surface area contributed by atoms with E-state index < -0.39 is 0 Å². The molecule has 0 spiro atoms. The lowest BCUT2D eigenvalue weighted by molar-refractivity contribution is 0.0941. The number of nitrogens with one attached hydrogen (secondary N) is 2. The molecule has 0 saturated heterocycles. The molecule has 0 bridgehead atoms. The summed E-state index contributed by atoms with van der Waals surface area (Å²) in [5.41, 5.74) is 3.85. The summed E-state index contributed by atoms with van der Waals surface area (Å²) in [7, 11) is 0.